The molecule has 1 aromatic rings. The fraction of sp³-hybridized carbons (Fsp3) is 0.632. The van der Waals surface area contributed by atoms with Crippen LogP contribution in [0.4, 0.5) is 0 Å². The van der Waals surface area contributed by atoms with Gasteiger partial charge in [0.15, 0.2) is 5.76 Å². The molecule has 3 heterocycles. The molecule has 1 aromatic heterocycles. The number of hydrogen-bond donors (Lipinski definition) is 2. The van der Waals surface area contributed by atoms with Gasteiger partial charge in [-0.1, -0.05) is 0 Å². The van der Waals surface area contributed by atoms with Gasteiger partial charge < -0.3 is 20.0 Å². The summed E-state index contributed by atoms with van der Waals surface area (Å²) in [5.74, 6) is 0.0420. The molecule has 2 fully saturated rings. The van der Waals surface area contributed by atoms with Crippen LogP contribution in [0.1, 0.15) is 41.8 Å². The number of hydrogen-bond acceptors (Lipinski definition) is 5. The molecule has 2 saturated heterocycles. The molecule has 0 aliphatic carbocycles. The number of rotatable bonds is 6. The van der Waals surface area contributed by atoms with Crippen LogP contribution in [0, 0.1) is 6.92 Å². The van der Waals surface area contributed by atoms with E-state index in [1.165, 1.54) is 6.26 Å². The number of nitrogens with zero attached hydrogens (tertiary/aromatic N) is 2. The van der Waals surface area contributed by atoms with E-state index in [2.05, 4.69) is 15.5 Å². The Hall–Kier alpha value is -2.35. The van der Waals surface area contributed by atoms with Crippen molar-refractivity contribution in [2.45, 2.75) is 38.6 Å². The summed E-state index contributed by atoms with van der Waals surface area (Å²) >= 11 is 0. The Labute approximate surface area is 159 Å². The Bertz CT molecular complexity index is 673. The summed E-state index contributed by atoms with van der Waals surface area (Å²) in [4.78, 5) is 40.1. The minimum atomic E-state index is -0.186. The molecule has 0 atom stereocenters. The highest BCUT2D eigenvalue weighted by atomic mass is 16.3. The van der Waals surface area contributed by atoms with Crippen molar-refractivity contribution in [3.63, 3.8) is 0 Å². The molecule has 0 bridgehead atoms. The molecule has 0 radical (unpaired) electrons. The zero-order valence-electron chi connectivity index (χ0n) is 15.8. The lowest BCUT2D eigenvalue weighted by Crippen LogP contribution is -2.48. The Kier molecular flexibility index (Phi) is 6.49. The molecule has 0 saturated carbocycles. The second kappa shape index (κ2) is 9.03. The topological polar surface area (TPSA) is 94.9 Å². The average molecular weight is 376 g/mol. The highest BCUT2D eigenvalue weighted by Gasteiger charge is 2.24. The van der Waals surface area contributed by atoms with Crippen molar-refractivity contribution in [1.29, 1.82) is 0 Å². The van der Waals surface area contributed by atoms with Crippen LogP contribution < -0.4 is 10.6 Å². The number of amides is 3. The maximum atomic E-state index is 12.2. The van der Waals surface area contributed by atoms with Gasteiger partial charge in [-0.3, -0.25) is 19.3 Å². The van der Waals surface area contributed by atoms with Crippen molar-refractivity contribution in [2.75, 3.05) is 39.3 Å². The molecule has 2 aliphatic heterocycles. The first kappa shape index (κ1) is 19.4. The van der Waals surface area contributed by atoms with Crippen molar-refractivity contribution in [3.05, 3.63) is 23.7 Å². The molecule has 8 heteroatoms. The predicted molar refractivity (Wildman–Crippen MR) is 99.2 cm³/mol. The van der Waals surface area contributed by atoms with E-state index in [9.17, 15) is 14.4 Å². The zero-order chi connectivity index (χ0) is 19.2. The van der Waals surface area contributed by atoms with Crippen LogP contribution in [0.2, 0.25) is 0 Å². The third-order valence-electron chi connectivity index (χ3n) is 5.25. The van der Waals surface area contributed by atoms with Crippen LogP contribution in [-0.4, -0.2) is 72.8 Å². The fourth-order valence-electron chi connectivity index (χ4n) is 3.60. The highest BCUT2D eigenvalue weighted by Crippen LogP contribution is 2.13. The van der Waals surface area contributed by atoms with Gasteiger partial charge in [0.25, 0.3) is 5.91 Å². The lowest BCUT2D eigenvalue weighted by molar-refractivity contribution is -0.132. The largest absolute Gasteiger partial charge is 0.459 e. The molecule has 148 valence electrons. The van der Waals surface area contributed by atoms with Crippen LogP contribution >= 0.6 is 0 Å². The van der Waals surface area contributed by atoms with Crippen molar-refractivity contribution < 1.29 is 18.8 Å². The minimum Gasteiger partial charge on any atom is -0.459 e. The third-order valence-corrected chi connectivity index (χ3v) is 5.25. The van der Waals surface area contributed by atoms with Gasteiger partial charge in [0.1, 0.15) is 0 Å². The Morgan fingerprint density at radius 2 is 1.85 bits per heavy atom. The molecule has 0 unspecified atom stereocenters. The summed E-state index contributed by atoms with van der Waals surface area (Å²) in [6.07, 6.45) is 5.17. The lowest BCUT2D eigenvalue weighted by atomic mass is 10.0. The molecule has 3 amide bonds. The molecule has 8 nitrogen and oxygen atoms in total. The number of nitrogens with one attached hydrogen (secondary N) is 2. The minimum absolute atomic E-state index is 0.00418. The summed E-state index contributed by atoms with van der Waals surface area (Å²) in [6.45, 7) is 5.26. The molecular weight excluding hydrogens is 348 g/mol. The number of likely N-dealkylation sites (tertiary alicyclic amines) is 2. The molecule has 3 rings (SSSR count). The maximum absolute atomic E-state index is 12.2. The molecule has 0 aromatic carbocycles. The molecule has 27 heavy (non-hydrogen) atoms. The van der Waals surface area contributed by atoms with E-state index in [1.54, 1.807) is 11.0 Å². The van der Waals surface area contributed by atoms with Crippen molar-refractivity contribution >= 4 is 17.7 Å². The van der Waals surface area contributed by atoms with Crippen LogP contribution in [0.15, 0.2) is 16.7 Å². The first-order valence-corrected chi connectivity index (χ1v) is 9.64. The smallest absolute Gasteiger partial charge is 0.287 e. The monoisotopic (exact) mass is 376 g/mol. The number of furan rings is 1. The van der Waals surface area contributed by atoms with Gasteiger partial charge in [-0.25, -0.2) is 0 Å². The highest BCUT2D eigenvalue weighted by molar-refractivity contribution is 5.93. The molecule has 0 spiro atoms. The third kappa shape index (κ3) is 5.32. The van der Waals surface area contributed by atoms with Gasteiger partial charge in [0.2, 0.25) is 11.8 Å². The van der Waals surface area contributed by atoms with Crippen LogP contribution in [0.25, 0.3) is 0 Å². The zero-order valence-corrected chi connectivity index (χ0v) is 15.8. The first-order valence-electron chi connectivity index (χ1n) is 9.64. The number of aryl methyl sites for hydroxylation is 1. The first-order chi connectivity index (χ1) is 13.0. The number of carbonyl (C=O) groups excluding carboxylic acids is 3. The van der Waals surface area contributed by atoms with Crippen LogP contribution in [0.3, 0.4) is 0 Å². The van der Waals surface area contributed by atoms with E-state index < -0.39 is 0 Å². The van der Waals surface area contributed by atoms with Gasteiger partial charge in [-0.15, -0.1) is 0 Å². The Morgan fingerprint density at radius 3 is 2.48 bits per heavy atom. The van der Waals surface area contributed by atoms with Crippen molar-refractivity contribution in [1.82, 2.24) is 20.4 Å². The molecule has 2 aliphatic rings. The predicted octanol–water partition coefficient (Wildman–Crippen LogP) is 0.521. The molecular formula is C19H28N4O4. The van der Waals surface area contributed by atoms with E-state index >= 15 is 0 Å². The van der Waals surface area contributed by atoms with Gasteiger partial charge >= 0.3 is 0 Å². The number of carbonyl (C=O) groups is 3. The van der Waals surface area contributed by atoms with E-state index in [-0.39, 0.29) is 36.9 Å². The SMILES string of the molecule is Cc1ccoc1C(=O)NC1CCN(CC(=O)NCC(=O)N2CCCC2)CC1. The normalized spacial score (nSPS) is 18.5. The summed E-state index contributed by atoms with van der Waals surface area (Å²) in [7, 11) is 0. The average Bonchev–Trinajstić information content (AvgIpc) is 3.33. The lowest BCUT2D eigenvalue weighted by Gasteiger charge is -2.31. The van der Waals surface area contributed by atoms with Crippen LogP contribution in [-0.2, 0) is 9.59 Å². The van der Waals surface area contributed by atoms with E-state index in [0.29, 0.717) is 5.76 Å². The Morgan fingerprint density at radius 1 is 1.15 bits per heavy atom. The Balaban J connectivity index is 1.34. The van der Waals surface area contributed by atoms with E-state index in [0.717, 1.165) is 57.4 Å². The van der Waals surface area contributed by atoms with Gasteiger partial charge in [-0.2, -0.15) is 0 Å². The van der Waals surface area contributed by atoms with Crippen molar-refractivity contribution in [3.8, 4) is 0 Å². The van der Waals surface area contributed by atoms with E-state index in [4.69, 9.17) is 4.42 Å². The quantitative estimate of drug-likeness (QED) is 0.755. The molecule has 2 N–H and O–H groups in total. The fourth-order valence-corrected chi connectivity index (χ4v) is 3.60. The second-order valence-corrected chi connectivity index (χ2v) is 7.32. The van der Waals surface area contributed by atoms with Crippen molar-refractivity contribution in [2.24, 2.45) is 0 Å². The number of piperidine rings is 1. The summed E-state index contributed by atoms with van der Waals surface area (Å²) in [6, 6.07) is 1.85. The summed E-state index contributed by atoms with van der Waals surface area (Å²) in [5.41, 5.74) is 0.824. The standard InChI is InChI=1S/C19H28N4O4/c1-14-6-11-27-18(14)19(26)21-15-4-9-22(10-5-15)13-16(24)20-12-17(25)23-7-2-3-8-23/h6,11,15H,2-5,7-10,12-13H2,1H3,(H,20,24)(H,21,26). The van der Waals surface area contributed by atoms with Gasteiger partial charge in [0, 0.05) is 37.8 Å². The maximum Gasteiger partial charge on any atom is 0.287 e. The summed E-state index contributed by atoms with van der Waals surface area (Å²) < 4.78 is 5.22. The summed E-state index contributed by atoms with van der Waals surface area (Å²) in [5, 5.41) is 5.72. The van der Waals surface area contributed by atoms with Gasteiger partial charge in [-0.05, 0) is 38.7 Å². The second-order valence-electron chi connectivity index (χ2n) is 7.32. The van der Waals surface area contributed by atoms with Crippen LogP contribution in [0.5, 0.6) is 0 Å². The van der Waals surface area contributed by atoms with E-state index in [1.807, 2.05) is 6.92 Å². The van der Waals surface area contributed by atoms with Gasteiger partial charge in [0.05, 0.1) is 19.4 Å².